The van der Waals surface area contributed by atoms with Gasteiger partial charge in [0, 0.05) is 11.9 Å². The van der Waals surface area contributed by atoms with Crippen molar-refractivity contribution in [3.8, 4) is 0 Å². The molecule has 0 spiro atoms. The highest BCUT2D eigenvalue weighted by atomic mass is 16.7. The second-order valence-electron chi connectivity index (χ2n) is 3.16. The number of H-pyrrole nitrogens is 1. The number of carbonyl (C=O) groups is 1. The Balaban J connectivity index is 1.90. The number of nitrogens with zero attached hydrogens (tertiary/aromatic N) is 2. The van der Waals surface area contributed by atoms with Gasteiger partial charge in [0.1, 0.15) is 6.61 Å². The number of hydroxylamine groups is 2. The van der Waals surface area contributed by atoms with Crippen LogP contribution in [0.5, 0.6) is 0 Å². The lowest BCUT2D eigenvalue weighted by Gasteiger charge is -2.12. The summed E-state index contributed by atoms with van der Waals surface area (Å²) in [7, 11) is 0. The zero-order valence-electron chi connectivity index (χ0n) is 7.51. The summed E-state index contributed by atoms with van der Waals surface area (Å²) >= 11 is 0. The molecule has 1 aliphatic heterocycles. The summed E-state index contributed by atoms with van der Waals surface area (Å²) in [6.45, 7) is 0.432. The standard InChI is InChI=1S/C8H11N3O3/c12-7-4-11(14-5-7)8(13)3-6-1-2-9-10-6/h1-2,7,12H,3-5H2,(H,9,10). The van der Waals surface area contributed by atoms with Gasteiger partial charge >= 0.3 is 0 Å². The lowest BCUT2D eigenvalue weighted by atomic mass is 10.3. The van der Waals surface area contributed by atoms with Crippen LogP contribution in [0.4, 0.5) is 0 Å². The van der Waals surface area contributed by atoms with Gasteiger partial charge in [0.25, 0.3) is 5.91 Å². The number of amides is 1. The third-order valence-electron chi connectivity index (χ3n) is 1.98. The van der Waals surface area contributed by atoms with Gasteiger partial charge in [0.05, 0.1) is 19.1 Å². The molecule has 6 nitrogen and oxygen atoms in total. The molecule has 6 heteroatoms. The molecule has 1 amide bonds. The Morgan fingerprint density at radius 1 is 1.86 bits per heavy atom. The van der Waals surface area contributed by atoms with E-state index in [9.17, 15) is 4.79 Å². The molecular formula is C8H11N3O3. The Morgan fingerprint density at radius 3 is 3.29 bits per heavy atom. The molecule has 2 rings (SSSR count). The summed E-state index contributed by atoms with van der Waals surface area (Å²) in [4.78, 5) is 16.5. The molecule has 2 N–H and O–H groups in total. The molecule has 1 fully saturated rings. The van der Waals surface area contributed by atoms with Crippen LogP contribution in [0.15, 0.2) is 12.3 Å². The fourth-order valence-corrected chi connectivity index (χ4v) is 1.28. The number of nitrogens with one attached hydrogen (secondary N) is 1. The Hall–Kier alpha value is -1.40. The number of aromatic amines is 1. The molecule has 1 aromatic heterocycles. The van der Waals surface area contributed by atoms with Gasteiger partial charge in [0.15, 0.2) is 0 Å². The molecule has 76 valence electrons. The van der Waals surface area contributed by atoms with Gasteiger partial charge in [-0.15, -0.1) is 0 Å². The number of aliphatic hydroxyl groups excluding tert-OH is 1. The van der Waals surface area contributed by atoms with Crippen LogP contribution in [0.3, 0.4) is 0 Å². The molecule has 0 bridgehead atoms. The van der Waals surface area contributed by atoms with Gasteiger partial charge in [0.2, 0.25) is 0 Å². The topological polar surface area (TPSA) is 78.5 Å². The summed E-state index contributed by atoms with van der Waals surface area (Å²) < 4.78 is 0. The molecule has 0 aromatic carbocycles. The van der Waals surface area contributed by atoms with Crippen LogP contribution >= 0.6 is 0 Å². The summed E-state index contributed by atoms with van der Waals surface area (Å²) in [5.74, 6) is -0.175. The molecule has 0 radical (unpaired) electrons. The predicted molar refractivity (Wildman–Crippen MR) is 46.0 cm³/mol. The van der Waals surface area contributed by atoms with E-state index in [1.54, 1.807) is 12.3 Å². The number of carbonyl (C=O) groups excluding carboxylic acids is 1. The normalized spacial score (nSPS) is 21.5. The maximum Gasteiger partial charge on any atom is 0.252 e. The minimum Gasteiger partial charge on any atom is -0.389 e. The van der Waals surface area contributed by atoms with Gasteiger partial charge in [-0.2, -0.15) is 5.10 Å². The van der Waals surface area contributed by atoms with Crippen molar-refractivity contribution in [2.45, 2.75) is 12.5 Å². The largest absolute Gasteiger partial charge is 0.389 e. The van der Waals surface area contributed by atoms with Gasteiger partial charge in [-0.1, -0.05) is 0 Å². The first-order chi connectivity index (χ1) is 6.75. The molecule has 1 atom stereocenters. The predicted octanol–water partition coefficient (Wildman–Crippen LogP) is -0.913. The Labute approximate surface area is 80.4 Å². The third-order valence-corrected chi connectivity index (χ3v) is 1.98. The first-order valence-electron chi connectivity index (χ1n) is 4.35. The number of aromatic nitrogens is 2. The van der Waals surface area contributed by atoms with Crippen molar-refractivity contribution in [1.82, 2.24) is 15.3 Å². The van der Waals surface area contributed by atoms with E-state index in [-0.39, 0.29) is 25.5 Å². The van der Waals surface area contributed by atoms with E-state index in [1.165, 1.54) is 5.06 Å². The molecule has 0 saturated carbocycles. The molecule has 0 aliphatic carbocycles. The maximum absolute atomic E-state index is 11.5. The van der Waals surface area contributed by atoms with Crippen molar-refractivity contribution in [2.75, 3.05) is 13.2 Å². The van der Waals surface area contributed by atoms with Crippen LogP contribution in [0.1, 0.15) is 5.69 Å². The minimum absolute atomic E-state index is 0.175. The van der Waals surface area contributed by atoms with Crippen LogP contribution in [0.25, 0.3) is 0 Å². The van der Waals surface area contributed by atoms with E-state index >= 15 is 0 Å². The van der Waals surface area contributed by atoms with Crippen LogP contribution < -0.4 is 0 Å². The first kappa shape index (κ1) is 9.17. The second-order valence-corrected chi connectivity index (χ2v) is 3.16. The maximum atomic E-state index is 11.5. The smallest absolute Gasteiger partial charge is 0.252 e. The highest BCUT2D eigenvalue weighted by Crippen LogP contribution is 2.07. The average molecular weight is 197 g/mol. The van der Waals surface area contributed by atoms with Gasteiger partial charge in [-0.25, -0.2) is 5.06 Å². The number of hydrogen-bond donors (Lipinski definition) is 2. The van der Waals surface area contributed by atoms with E-state index in [1.807, 2.05) is 0 Å². The summed E-state index contributed by atoms with van der Waals surface area (Å²) in [5.41, 5.74) is 0.736. The summed E-state index contributed by atoms with van der Waals surface area (Å²) in [5, 5.41) is 16.7. The van der Waals surface area contributed by atoms with E-state index in [4.69, 9.17) is 9.94 Å². The third kappa shape index (κ3) is 1.91. The minimum atomic E-state index is -0.569. The molecule has 14 heavy (non-hydrogen) atoms. The molecule has 1 saturated heterocycles. The Bertz CT molecular complexity index is 312. The summed E-state index contributed by atoms with van der Waals surface area (Å²) in [6.07, 6.45) is 1.23. The molecule has 2 heterocycles. The lowest BCUT2D eigenvalue weighted by Crippen LogP contribution is -2.29. The Morgan fingerprint density at radius 2 is 2.71 bits per heavy atom. The van der Waals surface area contributed by atoms with Crippen molar-refractivity contribution in [3.63, 3.8) is 0 Å². The van der Waals surface area contributed by atoms with E-state index in [0.29, 0.717) is 0 Å². The fourth-order valence-electron chi connectivity index (χ4n) is 1.28. The first-order valence-corrected chi connectivity index (χ1v) is 4.35. The highest BCUT2D eigenvalue weighted by molar-refractivity contribution is 5.77. The van der Waals surface area contributed by atoms with Gasteiger partial charge in [-0.3, -0.25) is 14.7 Å². The van der Waals surface area contributed by atoms with Crippen molar-refractivity contribution in [1.29, 1.82) is 0 Å². The molecule has 1 unspecified atom stereocenters. The number of aliphatic hydroxyl groups is 1. The zero-order valence-corrected chi connectivity index (χ0v) is 7.51. The van der Waals surface area contributed by atoms with Crippen molar-refractivity contribution >= 4 is 5.91 Å². The van der Waals surface area contributed by atoms with Crippen LogP contribution in [-0.2, 0) is 16.1 Å². The highest BCUT2D eigenvalue weighted by Gasteiger charge is 2.26. The molecule has 1 aromatic rings. The molecule has 1 aliphatic rings. The van der Waals surface area contributed by atoms with Gasteiger partial charge in [-0.05, 0) is 6.07 Å². The van der Waals surface area contributed by atoms with Crippen LogP contribution in [0, 0.1) is 0 Å². The zero-order chi connectivity index (χ0) is 9.97. The van der Waals surface area contributed by atoms with Crippen molar-refractivity contribution in [3.05, 3.63) is 18.0 Å². The Kier molecular flexibility index (Phi) is 2.47. The fraction of sp³-hybridized carbons (Fsp3) is 0.500. The number of rotatable bonds is 2. The lowest BCUT2D eigenvalue weighted by molar-refractivity contribution is -0.168. The van der Waals surface area contributed by atoms with E-state index < -0.39 is 6.10 Å². The van der Waals surface area contributed by atoms with Crippen LogP contribution in [0.2, 0.25) is 0 Å². The number of hydrogen-bond acceptors (Lipinski definition) is 4. The molecular weight excluding hydrogens is 186 g/mol. The van der Waals surface area contributed by atoms with Crippen molar-refractivity contribution in [2.24, 2.45) is 0 Å². The SMILES string of the molecule is O=C(Cc1ccn[nH]1)N1CC(O)CO1. The number of β-amino-alcohol motifs (C(OH)–C–C–N with tert-alkyl or cyclic N) is 1. The van der Waals surface area contributed by atoms with E-state index in [2.05, 4.69) is 10.2 Å². The average Bonchev–Trinajstić information content (AvgIpc) is 2.75. The quantitative estimate of drug-likeness (QED) is 0.643. The summed E-state index contributed by atoms with van der Waals surface area (Å²) in [6, 6.07) is 1.73. The van der Waals surface area contributed by atoms with E-state index in [0.717, 1.165) is 5.69 Å². The second kappa shape index (κ2) is 3.77. The van der Waals surface area contributed by atoms with Gasteiger partial charge < -0.3 is 5.11 Å². The van der Waals surface area contributed by atoms with Crippen LogP contribution in [-0.4, -0.2) is 45.5 Å². The monoisotopic (exact) mass is 197 g/mol. The van der Waals surface area contributed by atoms with Crippen molar-refractivity contribution < 1.29 is 14.7 Å².